The molecule has 0 atom stereocenters. The lowest BCUT2D eigenvalue weighted by molar-refractivity contribution is 0.529. The lowest BCUT2D eigenvalue weighted by Gasteiger charge is -2.12. The first-order valence-electron chi connectivity index (χ1n) is 12.2. The molecular weight excluding hydrogens is 360 g/mol. The van der Waals surface area contributed by atoms with Gasteiger partial charge in [-0.3, -0.25) is 4.21 Å². The summed E-state index contributed by atoms with van der Waals surface area (Å²) >= 11 is 0. The Morgan fingerprint density at radius 3 is 1.29 bits per heavy atom. The summed E-state index contributed by atoms with van der Waals surface area (Å²) in [6.07, 6.45) is 27.6. The first kappa shape index (κ1) is 25.4. The van der Waals surface area contributed by atoms with Crippen molar-refractivity contribution in [3.8, 4) is 0 Å². The largest absolute Gasteiger partial charge is 0.281 e. The van der Waals surface area contributed by atoms with Gasteiger partial charge in [-0.15, -0.1) is 0 Å². The van der Waals surface area contributed by atoms with Gasteiger partial charge in [-0.05, 0) is 43.0 Å². The Bertz CT molecular complexity index is 514. The van der Waals surface area contributed by atoms with Crippen LogP contribution < -0.4 is 0 Å². The van der Waals surface area contributed by atoms with Gasteiger partial charge in [-0.25, -0.2) is 0 Å². The van der Waals surface area contributed by atoms with Crippen molar-refractivity contribution >= 4 is 9.93 Å². The van der Waals surface area contributed by atoms with Crippen LogP contribution in [-0.4, -0.2) is 16.7 Å². The molecule has 0 N–H and O–H groups in total. The number of aryl methyl sites for hydroxylation is 1. The number of unbranched alkanes of at least 4 members (excludes halogenated alkanes) is 15. The third-order valence-electron chi connectivity index (χ3n) is 5.88. The van der Waals surface area contributed by atoms with Crippen LogP contribution >= 0.6 is 0 Å². The van der Waals surface area contributed by atoms with Crippen molar-refractivity contribution < 1.29 is 4.21 Å². The van der Waals surface area contributed by atoms with E-state index < -0.39 is 9.93 Å². The number of hydrogen-bond acceptors (Lipinski definition) is 1. The highest BCUT2D eigenvalue weighted by Gasteiger charge is 2.04. The lowest BCUT2D eigenvalue weighted by Crippen LogP contribution is -2.05. The molecule has 1 rings (SSSR count). The number of hydrogen-bond donors (Lipinski definition) is 1. The van der Waals surface area contributed by atoms with E-state index in [0.717, 1.165) is 11.3 Å². The Kier molecular flexibility index (Phi) is 14.7. The minimum absolute atomic E-state index is 1.00. The second-order valence-electron chi connectivity index (χ2n) is 9.07. The smallest absolute Gasteiger partial charge is 0.0142 e. The molecule has 0 spiro atoms. The summed E-state index contributed by atoms with van der Waals surface area (Å²) in [5.41, 5.74) is 1.39. The molecule has 164 valence electrons. The van der Waals surface area contributed by atoms with E-state index in [1.165, 1.54) is 108 Å². The molecule has 0 unspecified atom stereocenters. The average molecular weight is 409 g/mol. The number of benzene rings is 1. The molecule has 28 heavy (non-hydrogen) atoms. The molecule has 0 fully saturated rings. The molecule has 0 radical (unpaired) electrons. The second kappa shape index (κ2) is 16.2. The van der Waals surface area contributed by atoms with E-state index in [0.29, 0.717) is 0 Å². The van der Waals surface area contributed by atoms with Gasteiger partial charge in [0.25, 0.3) is 0 Å². The maximum atomic E-state index is 12.0. The Morgan fingerprint density at radius 2 is 0.929 bits per heavy atom. The summed E-state index contributed by atoms with van der Waals surface area (Å²) < 4.78 is 12.0. The SMILES string of the molecule is CCCCCCCCCCCCCCCCCCc1ccc([SH](C)(C)=O)cc1. The van der Waals surface area contributed by atoms with Crippen molar-refractivity contribution in [1.82, 2.24) is 0 Å². The van der Waals surface area contributed by atoms with E-state index in [-0.39, 0.29) is 0 Å². The van der Waals surface area contributed by atoms with Gasteiger partial charge in [0, 0.05) is 4.90 Å². The molecule has 0 aromatic heterocycles. The van der Waals surface area contributed by atoms with E-state index in [2.05, 4.69) is 31.2 Å². The summed E-state index contributed by atoms with van der Waals surface area (Å²) in [5, 5.41) is 0. The average Bonchev–Trinajstić information content (AvgIpc) is 2.67. The van der Waals surface area contributed by atoms with Crippen LogP contribution in [0.4, 0.5) is 0 Å². The molecule has 2 heteroatoms. The number of thiol groups is 1. The summed E-state index contributed by atoms with van der Waals surface area (Å²) in [5.74, 6) is 0. The van der Waals surface area contributed by atoms with Crippen LogP contribution in [0.5, 0.6) is 0 Å². The van der Waals surface area contributed by atoms with E-state index in [1.54, 1.807) is 0 Å². The quantitative estimate of drug-likeness (QED) is 0.192. The zero-order chi connectivity index (χ0) is 20.5. The highest BCUT2D eigenvalue weighted by atomic mass is 32.2. The van der Waals surface area contributed by atoms with Gasteiger partial charge in [-0.1, -0.05) is 125 Å². The Hall–Kier alpha value is -0.630. The molecule has 0 amide bonds. The van der Waals surface area contributed by atoms with Crippen molar-refractivity contribution in [1.29, 1.82) is 0 Å². The number of rotatable bonds is 18. The predicted octanol–water partition coefficient (Wildman–Crippen LogP) is 8.13. The van der Waals surface area contributed by atoms with Crippen LogP contribution in [0.15, 0.2) is 29.2 Å². The minimum atomic E-state index is -2.10. The van der Waals surface area contributed by atoms with E-state index in [4.69, 9.17) is 0 Å². The van der Waals surface area contributed by atoms with Crippen LogP contribution in [0, 0.1) is 0 Å². The second-order valence-corrected chi connectivity index (χ2v) is 12.3. The first-order chi connectivity index (χ1) is 13.5. The molecule has 0 bridgehead atoms. The first-order valence-corrected chi connectivity index (χ1v) is 14.8. The van der Waals surface area contributed by atoms with Gasteiger partial charge in [0.05, 0.1) is 0 Å². The molecule has 0 saturated carbocycles. The van der Waals surface area contributed by atoms with E-state index >= 15 is 0 Å². The van der Waals surface area contributed by atoms with Crippen molar-refractivity contribution in [2.45, 2.75) is 121 Å². The van der Waals surface area contributed by atoms with Crippen LogP contribution in [-0.2, 0) is 16.4 Å². The molecule has 0 saturated heterocycles. The van der Waals surface area contributed by atoms with E-state index in [9.17, 15) is 4.21 Å². The minimum Gasteiger partial charge on any atom is -0.281 e. The van der Waals surface area contributed by atoms with E-state index in [1.807, 2.05) is 12.5 Å². The van der Waals surface area contributed by atoms with Crippen molar-refractivity contribution in [3.63, 3.8) is 0 Å². The monoisotopic (exact) mass is 408 g/mol. The molecule has 0 aliphatic carbocycles. The zero-order valence-electron chi connectivity index (χ0n) is 19.2. The summed E-state index contributed by atoms with van der Waals surface area (Å²) in [6.45, 7) is 2.29. The van der Waals surface area contributed by atoms with Gasteiger partial charge < -0.3 is 0 Å². The summed E-state index contributed by atoms with van der Waals surface area (Å²) in [4.78, 5) is 1.00. The molecule has 0 heterocycles. The van der Waals surface area contributed by atoms with Gasteiger partial charge >= 0.3 is 0 Å². The molecule has 0 aliphatic rings. The Morgan fingerprint density at radius 1 is 0.571 bits per heavy atom. The van der Waals surface area contributed by atoms with Gasteiger partial charge in [-0.2, -0.15) is 0 Å². The van der Waals surface area contributed by atoms with Crippen molar-refractivity contribution in [2.75, 3.05) is 12.5 Å². The maximum Gasteiger partial charge on any atom is 0.0142 e. The van der Waals surface area contributed by atoms with Gasteiger partial charge in [0.1, 0.15) is 0 Å². The Labute approximate surface area is 177 Å². The molecule has 0 aliphatic heterocycles. The summed E-state index contributed by atoms with van der Waals surface area (Å²) in [7, 11) is -2.10. The Balaban J connectivity index is 1.85. The van der Waals surface area contributed by atoms with Crippen LogP contribution in [0.3, 0.4) is 0 Å². The fourth-order valence-corrected chi connectivity index (χ4v) is 4.77. The highest BCUT2D eigenvalue weighted by Crippen LogP contribution is 2.17. The summed E-state index contributed by atoms with van der Waals surface area (Å²) in [6, 6.07) is 8.45. The van der Waals surface area contributed by atoms with Crippen molar-refractivity contribution in [2.24, 2.45) is 0 Å². The van der Waals surface area contributed by atoms with Gasteiger partial charge in [0.2, 0.25) is 0 Å². The molecule has 1 aromatic rings. The zero-order valence-corrected chi connectivity index (χ0v) is 20.1. The molecule has 1 aromatic carbocycles. The molecular formula is C26H48OS. The third kappa shape index (κ3) is 13.5. The fraction of sp³-hybridized carbons (Fsp3) is 0.769. The normalized spacial score (nSPS) is 12.4. The maximum absolute atomic E-state index is 12.0. The standard InChI is InChI=1S/C26H48OS/c1-4-5-6-7-8-9-10-11-12-13-14-15-16-17-18-19-20-25-21-23-26(24-22-25)28(2,3)27/h21-24,28H,4-20H2,1-3H3. The predicted molar refractivity (Wildman–Crippen MR) is 129 cm³/mol. The van der Waals surface area contributed by atoms with Crippen LogP contribution in [0.25, 0.3) is 0 Å². The topological polar surface area (TPSA) is 17.1 Å². The van der Waals surface area contributed by atoms with Crippen molar-refractivity contribution in [3.05, 3.63) is 29.8 Å². The fourth-order valence-electron chi connectivity index (χ4n) is 3.90. The third-order valence-corrected chi connectivity index (χ3v) is 7.42. The highest BCUT2D eigenvalue weighted by molar-refractivity contribution is 8.01. The van der Waals surface area contributed by atoms with Crippen LogP contribution in [0.2, 0.25) is 0 Å². The van der Waals surface area contributed by atoms with Gasteiger partial charge in [0.15, 0.2) is 0 Å². The lowest BCUT2D eigenvalue weighted by atomic mass is 10.0. The van der Waals surface area contributed by atoms with Crippen LogP contribution in [0.1, 0.15) is 115 Å². The molecule has 1 nitrogen and oxygen atoms in total.